The molecule has 0 aliphatic rings. The Morgan fingerprint density at radius 3 is 2.50 bits per heavy atom. The van der Waals surface area contributed by atoms with E-state index in [0.717, 1.165) is 23.3 Å². The first kappa shape index (κ1) is 16.4. The lowest BCUT2D eigenvalue weighted by Crippen LogP contribution is -2.08. The zero-order chi connectivity index (χ0) is 16.2. The van der Waals surface area contributed by atoms with Crippen LogP contribution in [0.2, 0.25) is 0 Å². The van der Waals surface area contributed by atoms with E-state index in [9.17, 15) is 18.0 Å². The summed E-state index contributed by atoms with van der Waals surface area (Å²) in [6.45, 7) is 0. The fourth-order valence-electron chi connectivity index (χ4n) is 2.14. The zero-order valence-electron chi connectivity index (χ0n) is 11.6. The molecule has 1 nitrogen and oxygen atoms in total. The van der Waals surface area contributed by atoms with Crippen molar-refractivity contribution < 1.29 is 18.0 Å². The molecule has 0 bridgehead atoms. The van der Waals surface area contributed by atoms with Gasteiger partial charge in [-0.3, -0.25) is 4.79 Å². The second kappa shape index (κ2) is 6.83. The second-order valence-corrected chi connectivity index (χ2v) is 5.05. The Balaban J connectivity index is 2.11. The van der Waals surface area contributed by atoms with Gasteiger partial charge in [0.05, 0.1) is 5.56 Å². The van der Waals surface area contributed by atoms with E-state index in [0.29, 0.717) is 6.42 Å². The molecule has 114 valence electrons. The number of rotatable bonds is 5. The molecule has 0 saturated heterocycles. The Morgan fingerprint density at radius 2 is 1.82 bits per heavy atom. The van der Waals surface area contributed by atoms with Crippen molar-refractivity contribution in [2.24, 2.45) is 0 Å². The van der Waals surface area contributed by atoms with Crippen molar-refractivity contribution in [2.75, 3.05) is 0 Å². The topological polar surface area (TPSA) is 17.1 Å². The van der Waals surface area contributed by atoms with E-state index in [2.05, 4.69) is 0 Å². The van der Waals surface area contributed by atoms with E-state index >= 15 is 0 Å². The van der Waals surface area contributed by atoms with Crippen molar-refractivity contribution in [1.29, 1.82) is 0 Å². The Labute approximate surface area is 131 Å². The van der Waals surface area contributed by atoms with Gasteiger partial charge in [0.1, 0.15) is 0 Å². The summed E-state index contributed by atoms with van der Waals surface area (Å²) < 4.78 is 38.0. The van der Waals surface area contributed by atoms with Gasteiger partial charge in [-0.2, -0.15) is 13.2 Å². The molecule has 0 atom stereocenters. The van der Waals surface area contributed by atoms with Crippen molar-refractivity contribution in [3.63, 3.8) is 0 Å². The largest absolute Gasteiger partial charge is 0.416 e. The highest BCUT2D eigenvalue weighted by molar-refractivity contribution is 7.79. The molecule has 0 radical (unpaired) electrons. The highest BCUT2D eigenvalue weighted by atomic mass is 32.1. The summed E-state index contributed by atoms with van der Waals surface area (Å²) in [6, 6.07) is 11.9. The first-order valence-electron chi connectivity index (χ1n) is 6.65. The number of benzene rings is 2. The second-order valence-electron chi connectivity index (χ2n) is 4.82. The van der Waals surface area contributed by atoms with Gasteiger partial charge in [-0.1, -0.05) is 48.6 Å². The third-order valence-corrected chi connectivity index (χ3v) is 3.57. The summed E-state index contributed by atoms with van der Waals surface area (Å²) in [5.74, 6) is -0.315. The average Bonchev–Trinajstić information content (AvgIpc) is 2.52. The van der Waals surface area contributed by atoms with E-state index in [1.807, 2.05) is 24.3 Å². The van der Waals surface area contributed by atoms with Crippen molar-refractivity contribution in [3.05, 3.63) is 70.8 Å². The van der Waals surface area contributed by atoms with Crippen molar-refractivity contribution in [1.82, 2.24) is 0 Å². The molecule has 0 saturated carbocycles. The van der Waals surface area contributed by atoms with E-state index < -0.39 is 11.7 Å². The minimum Gasteiger partial charge on any atom is -0.294 e. The summed E-state index contributed by atoms with van der Waals surface area (Å²) in [5.41, 5.74) is 1.04. The highest BCUT2D eigenvalue weighted by Gasteiger charge is 2.30. The Hall–Kier alpha value is -2.01. The Bertz CT molecular complexity index is 692. The fraction of sp³-hybridized carbons (Fsp3) is 0.176. The summed E-state index contributed by atoms with van der Waals surface area (Å²) in [5, 5.41) is 1.53. The number of carbonyl (C=O) groups is 1. The minimum atomic E-state index is -4.44. The van der Waals surface area contributed by atoms with Crippen LogP contribution in [0.25, 0.3) is 0 Å². The number of aryl methyl sites for hydroxylation is 1. The van der Waals surface area contributed by atoms with Crippen LogP contribution in [-0.4, -0.2) is 11.2 Å². The molecule has 0 amide bonds. The van der Waals surface area contributed by atoms with Gasteiger partial charge in [0.25, 0.3) is 0 Å². The van der Waals surface area contributed by atoms with Gasteiger partial charge in [0.2, 0.25) is 0 Å². The lowest BCUT2D eigenvalue weighted by atomic mass is 9.99. The van der Waals surface area contributed by atoms with Crippen LogP contribution in [0.1, 0.15) is 33.5 Å². The molecule has 5 heteroatoms. The molecule has 22 heavy (non-hydrogen) atoms. The van der Waals surface area contributed by atoms with E-state index in [1.165, 1.54) is 17.5 Å². The quantitative estimate of drug-likeness (QED) is 0.577. The van der Waals surface area contributed by atoms with Gasteiger partial charge in [0, 0.05) is 17.4 Å². The maximum absolute atomic E-state index is 12.7. The maximum Gasteiger partial charge on any atom is 0.416 e. The number of carbonyl (C=O) groups excluding carboxylic acids is 1. The number of Topliss-reactive ketones (excluding diaryl/α,β-unsaturated/α-hetero) is 1. The third-order valence-electron chi connectivity index (χ3n) is 3.32. The van der Waals surface area contributed by atoms with Gasteiger partial charge in [-0.25, -0.2) is 0 Å². The first-order chi connectivity index (χ1) is 10.4. The number of ketones is 1. The predicted octanol–water partition coefficient (Wildman–Crippen LogP) is 4.87. The smallest absolute Gasteiger partial charge is 0.294 e. The van der Waals surface area contributed by atoms with Crippen LogP contribution in [0.3, 0.4) is 0 Å². The molecule has 0 aliphatic carbocycles. The van der Waals surface area contributed by atoms with Crippen LogP contribution in [0.4, 0.5) is 13.2 Å². The highest BCUT2D eigenvalue weighted by Crippen LogP contribution is 2.29. The molecule has 0 N–H and O–H groups in total. The molecule has 0 heterocycles. The normalized spacial score (nSPS) is 11.2. The van der Waals surface area contributed by atoms with Gasteiger partial charge in [-0.15, -0.1) is 0 Å². The lowest BCUT2D eigenvalue weighted by molar-refractivity contribution is -0.137. The van der Waals surface area contributed by atoms with E-state index in [1.54, 1.807) is 0 Å². The number of hydrogen-bond acceptors (Lipinski definition) is 2. The predicted molar refractivity (Wildman–Crippen MR) is 83.3 cm³/mol. The van der Waals surface area contributed by atoms with Crippen LogP contribution < -0.4 is 0 Å². The van der Waals surface area contributed by atoms with Crippen molar-refractivity contribution in [3.8, 4) is 0 Å². The molecule has 0 spiro atoms. The van der Waals surface area contributed by atoms with Gasteiger partial charge >= 0.3 is 6.18 Å². The van der Waals surface area contributed by atoms with Gasteiger partial charge in [-0.05, 0) is 29.7 Å². The number of thiocarbonyl (C=S) groups is 1. The van der Waals surface area contributed by atoms with Crippen LogP contribution in [0.15, 0.2) is 48.5 Å². The number of halogens is 3. The number of alkyl halides is 3. The SMILES string of the molecule is O=C(CCc1ccccc1C=S)c1cccc(C(F)(F)F)c1. The maximum atomic E-state index is 12.7. The first-order valence-corrected chi connectivity index (χ1v) is 7.12. The summed E-state index contributed by atoms with van der Waals surface area (Å²) in [7, 11) is 0. The molecule has 0 aliphatic heterocycles. The minimum absolute atomic E-state index is 0.0784. The molecule has 0 aromatic heterocycles. The van der Waals surface area contributed by atoms with Gasteiger partial charge in [0.15, 0.2) is 5.78 Å². The molecule has 2 rings (SSSR count). The monoisotopic (exact) mass is 322 g/mol. The molecular formula is C17H13F3OS. The van der Waals surface area contributed by atoms with Crippen LogP contribution in [0.5, 0.6) is 0 Å². The molecule has 2 aromatic rings. The van der Waals surface area contributed by atoms with Crippen LogP contribution in [0, 0.1) is 0 Å². The van der Waals surface area contributed by atoms with Crippen LogP contribution >= 0.6 is 12.2 Å². The van der Waals surface area contributed by atoms with Gasteiger partial charge < -0.3 is 0 Å². The van der Waals surface area contributed by atoms with Crippen molar-refractivity contribution >= 4 is 23.4 Å². The Morgan fingerprint density at radius 1 is 1.09 bits per heavy atom. The number of hydrogen-bond donors (Lipinski definition) is 0. The summed E-state index contributed by atoms with van der Waals surface area (Å²) in [6.07, 6.45) is -3.86. The molecule has 0 unspecified atom stereocenters. The summed E-state index contributed by atoms with van der Waals surface area (Å²) >= 11 is 4.90. The fourth-order valence-corrected chi connectivity index (χ4v) is 2.37. The molecule has 0 fully saturated rings. The summed E-state index contributed by atoms with van der Waals surface area (Å²) in [4.78, 5) is 12.1. The lowest BCUT2D eigenvalue weighted by Gasteiger charge is -2.09. The van der Waals surface area contributed by atoms with E-state index in [-0.39, 0.29) is 17.8 Å². The molecular weight excluding hydrogens is 309 g/mol. The van der Waals surface area contributed by atoms with Crippen LogP contribution in [-0.2, 0) is 12.6 Å². The molecule has 2 aromatic carbocycles. The third kappa shape index (κ3) is 4.01. The van der Waals surface area contributed by atoms with Crippen molar-refractivity contribution in [2.45, 2.75) is 19.0 Å². The zero-order valence-corrected chi connectivity index (χ0v) is 12.4. The van der Waals surface area contributed by atoms with E-state index in [4.69, 9.17) is 12.2 Å². The average molecular weight is 322 g/mol. The Kier molecular flexibility index (Phi) is 5.08. The standard InChI is InChI=1S/C17H13F3OS/c18-17(19,20)15-7-3-6-13(10-15)16(21)9-8-12-4-1-2-5-14(12)11-22/h1-7,10-11H,8-9H2.